The fourth-order valence-electron chi connectivity index (χ4n) is 1.09. The van der Waals surface area contributed by atoms with E-state index >= 15 is 0 Å². The average Bonchev–Trinajstić information content (AvgIpc) is 2.71. The number of halogens is 2. The lowest BCUT2D eigenvalue weighted by molar-refractivity contribution is 0.596. The minimum absolute atomic E-state index is 0.00180. The van der Waals surface area contributed by atoms with Crippen LogP contribution in [0.2, 0.25) is 5.02 Å². The number of hydrogen-bond acceptors (Lipinski definition) is 6. The molecule has 6 nitrogen and oxygen atoms in total. The third-order valence-electron chi connectivity index (χ3n) is 1.82. The molecule has 0 fully saturated rings. The van der Waals surface area contributed by atoms with E-state index in [4.69, 9.17) is 17.3 Å². The van der Waals surface area contributed by atoms with Crippen molar-refractivity contribution >= 4 is 43.8 Å². The normalized spacial score (nSPS) is 11.4. The molecule has 10 heteroatoms. The van der Waals surface area contributed by atoms with Crippen molar-refractivity contribution in [1.82, 2.24) is 10.2 Å². The van der Waals surface area contributed by atoms with Crippen molar-refractivity contribution in [3.05, 3.63) is 29.0 Å². The van der Waals surface area contributed by atoms with Gasteiger partial charge in [0.15, 0.2) is 0 Å². The summed E-state index contributed by atoms with van der Waals surface area (Å²) in [5.41, 5.74) is 5.01. The maximum absolute atomic E-state index is 13.4. The lowest BCUT2D eigenvalue weighted by Crippen LogP contribution is -2.13. The van der Waals surface area contributed by atoms with Gasteiger partial charge < -0.3 is 5.73 Å². The van der Waals surface area contributed by atoms with E-state index in [1.165, 1.54) is 6.07 Å². The van der Waals surface area contributed by atoms with Crippen LogP contribution in [-0.2, 0) is 10.0 Å². The summed E-state index contributed by atoms with van der Waals surface area (Å²) in [6.45, 7) is 0. The Morgan fingerprint density at radius 2 is 2.11 bits per heavy atom. The molecule has 2 aromatic rings. The van der Waals surface area contributed by atoms with E-state index in [2.05, 4.69) is 10.2 Å². The SMILES string of the molecule is Nc1nnc(S(=O)(=O)Nc2cc(Cl)ccc2F)s1. The Kier molecular flexibility index (Phi) is 3.37. The molecule has 0 atom stereocenters. The molecule has 18 heavy (non-hydrogen) atoms. The fraction of sp³-hybridized carbons (Fsp3) is 0. The lowest BCUT2D eigenvalue weighted by Gasteiger charge is -2.06. The number of sulfonamides is 1. The number of nitrogens with zero attached hydrogens (tertiary/aromatic N) is 2. The minimum Gasteiger partial charge on any atom is -0.374 e. The Labute approximate surface area is 111 Å². The maximum atomic E-state index is 13.4. The van der Waals surface area contributed by atoms with Gasteiger partial charge in [-0.3, -0.25) is 4.72 Å². The molecule has 1 heterocycles. The topological polar surface area (TPSA) is 98.0 Å². The molecule has 96 valence electrons. The van der Waals surface area contributed by atoms with Gasteiger partial charge in [-0.25, -0.2) is 4.39 Å². The van der Waals surface area contributed by atoms with Crippen LogP contribution in [0.1, 0.15) is 0 Å². The highest BCUT2D eigenvalue weighted by Crippen LogP contribution is 2.24. The Balaban J connectivity index is 2.36. The van der Waals surface area contributed by atoms with Crippen LogP contribution in [0, 0.1) is 5.82 Å². The van der Waals surface area contributed by atoms with Crippen molar-refractivity contribution in [2.24, 2.45) is 0 Å². The van der Waals surface area contributed by atoms with E-state index in [-0.39, 0.29) is 20.2 Å². The summed E-state index contributed by atoms with van der Waals surface area (Å²) >= 11 is 6.32. The molecular weight excluding hydrogens is 303 g/mol. The van der Waals surface area contributed by atoms with Gasteiger partial charge in [0.25, 0.3) is 14.4 Å². The molecule has 0 aliphatic rings. The number of nitrogens with one attached hydrogen (secondary N) is 1. The van der Waals surface area contributed by atoms with Gasteiger partial charge in [0.05, 0.1) is 5.69 Å². The molecule has 2 rings (SSSR count). The van der Waals surface area contributed by atoms with E-state index in [1.54, 1.807) is 0 Å². The van der Waals surface area contributed by atoms with Crippen LogP contribution in [0.15, 0.2) is 22.5 Å². The molecule has 3 N–H and O–H groups in total. The number of nitrogen functional groups attached to an aromatic ring is 1. The molecular formula is C8H6ClFN4O2S2. The monoisotopic (exact) mass is 308 g/mol. The van der Waals surface area contributed by atoms with E-state index in [0.717, 1.165) is 12.1 Å². The summed E-state index contributed by atoms with van der Waals surface area (Å²) in [5, 5.41) is 6.95. The molecule has 0 aliphatic heterocycles. The highest BCUT2D eigenvalue weighted by molar-refractivity contribution is 7.94. The molecule has 1 aromatic heterocycles. The number of aromatic nitrogens is 2. The van der Waals surface area contributed by atoms with E-state index < -0.39 is 15.8 Å². The van der Waals surface area contributed by atoms with Gasteiger partial charge in [-0.05, 0) is 18.2 Å². The van der Waals surface area contributed by atoms with Gasteiger partial charge in [0.2, 0.25) is 5.13 Å². The Hall–Kier alpha value is -1.45. The van der Waals surface area contributed by atoms with Crippen molar-refractivity contribution in [3.63, 3.8) is 0 Å². The molecule has 0 radical (unpaired) electrons. The molecule has 0 saturated heterocycles. The first-order valence-corrected chi connectivity index (χ1v) is 7.13. The summed E-state index contributed by atoms with van der Waals surface area (Å²) in [6.07, 6.45) is 0. The Morgan fingerprint density at radius 3 is 2.72 bits per heavy atom. The predicted molar refractivity (Wildman–Crippen MR) is 66.5 cm³/mol. The highest BCUT2D eigenvalue weighted by atomic mass is 35.5. The van der Waals surface area contributed by atoms with Gasteiger partial charge in [-0.1, -0.05) is 22.9 Å². The first-order valence-electron chi connectivity index (χ1n) is 4.45. The van der Waals surface area contributed by atoms with E-state index in [0.29, 0.717) is 11.3 Å². The minimum atomic E-state index is -4.02. The quantitative estimate of drug-likeness (QED) is 0.899. The fourth-order valence-corrected chi connectivity index (χ4v) is 3.11. The van der Waals surface area contributed by atoms with Crippen LogP contribution < -0.4 is 10.5 Å². The predicted octanol–water partition coefficient (Wildman–Crippen LogP) is 1.71. The second-order valence-electron chi connectivity index (χ2n) is 3.14. The smallest absolute Gasteiger partial charge is 0.291 e. The van der Waals surface area contributed by atoms with Gasteiger partial charge in [0.1, 0.15) is 5.82 Å². The highest BCUT2D eigenvalue weighted by Gasteiger charge is 2.21. The van der Waals surface area contributed by atoms with Crippen LogP contribution in [0.4, 0.5) is 15.2 Å². The number of hydrogen-bond donors (Lipinski definition) is 2. The van der Waals surface area contributed by atoms with Crippen molar-refractivity contribution in [1.29, 1.82) is 0 Å². The van der Waals surface area contributed by atoms with Crippen LogP contribution in [0.3, 0.4) is 0 Å². The molecule has 1 aromatic carbocycles. The molecule has 0 unspecified atom stereocenters. The zero-order valence-electron chi connectivity index (χ0n) is 8.59. The summed E-state index contributed by atoms with van der Waals surface area (Å²) < 4.78 is 38.7. The van der Waals surface area contributed by atoms with Crippen LogP contribution >= 0.6 is 22.9 Å². The van der Waals surface area contributed by atoms with Crippen molar-refractivity contribution in [2.45, 2.75) is 4.34 Å². The molecule has 0 saturated carbocycles. The summed E-state index contributed by atoms with van der Waals surface area (Å²) in [6, 6.07) is 3.51. The van der Waals surface area contributed by atoms with E-state index in [9.17, 15) is 12.8 Å². The van der Waals surface area contributed by atoms with Gasteiger partial charge in [-0.2, -0.15) is 8.42 Å². The summed E-state index contributed by atoms with van der Waals surface area (Å²) in [4.78, 5) is 0. The second kappa shape index (κ2) is 4.67. The van der Waals surface area contributed by atoms with Crippen molar-refractivity contribution in [3.8, 4) is 0 Å². The molecule has 0 amide bonds. The molecule has 0 spiro atoms. The van der Waals surface area contributed by atoms with Crippen molar-refractivity contribution < 1.29 is 12.8 Å². The van der Waals surface area contributed by atoms with Gasteiger partial charge in [-0.15, -0.1) is 10.2 Å². The third-order valence-corrected chi connectivity index (χ3v) is 4.55. The largest absolute Gasteiger partial charge is 0.374 e. The zero-order chi connectivity index (χ0) is 13.3. The zero-order valence-corrected chi connectivity index (χ0v) is 11.0. The average molecular weight is 309 g/mol. The standard InChI is InChI=1S/C8H6ClFN4O2S2/c9-4-1-2-5(10)6(3-4)14-18(15,16)8-13-12-7(11)17-8/h1-3,14H,(H2,11,12). The van der Waals surface area contributed by atoms with Crippen LogP contribution in [0.5, 0.6) is 0 Å². The summed E-state index contributed by atoms with van der Waals surface area (Å²) in [7, 11) is -4.02. The molecule has 0 bridgehead atoms. The lowest BCUT2D eigenvalue weighted by atomic mass is 10.3. The maximum Gasteiger partial charge on any atom is 0.291 e. The number of rotatable bonds is 3. The molecule has 0 aliphatic carbocycles. The van der Waals surface area contributed by atoms with Crippen LogP contribution in [-0.4, -0.2) is 18.6 Å². The third kappa shape index (κ3) is 2.68. The summed E-state index contributed by atoms with van der Waals surface area (Å²) in [5.74, 6) is -0.750. The second-order valence-corrected chi connectivity index (χ2v) is 6.44. The Morgan fingerprint density at radius 1 is 1.39 bits per heavy atom. The van der Waals surface area contributed by atoms with Gasteiger partial charge in [0, 0.05) is 5.02 Å². The van der Waals surface area contributed by atoms with E-state index in [1.807, 2.05) is 4.72 Å². The number of nitrogens with two attached hydrogens (primary N) is 1. The van der Waals surface area contributed by atoms with Gasteiger partial charge >= 0.3 is 0 Å². The van der Waals surface area contributed by atoms with Crippen LogP contribution in [0.25, 0.3) is 0 Å². The first-order chi connectivity index (χ1) is 8.38. The first kappa shape index (κ1) is 13.0. The number of benzene rings is 1. The van der Waals surface area contributed by atoms with Crippen molar-refractivity contribution in [2.75, 3.05) is 10.5 Å². The number of anilines is 2. The Bertz CT molecular complexity index is 688.